The molecule has 0 spiro atoms. The average molecular weight is 280 g/mol. The van der Waals surface area contributed by atoms with Gasteiger partial charge in [0.1, 0.15) is 5.54 Å². The van der Waals surface area contributed by atoms with Crippen LogP contribution >= 0.6 is 0 Å². The number of carboxylic acids is 1. The van der Waals surface area contributed by atoms with Crippen molar-refractivity contribution < 1.29 is 14.8 Å². The van der Waals surface area contributed by atoms with Gasteiger partial charge in [0.05, 0.1) is 4.92 Å². The second-order valence-electron chi connectivity index (χ2n) is 5.08. The molecule has 0 saturated carbocycles. The number of hydrogen-bond acceptors (Lipinski definition) is 4. The van der Waals surface area contributed by atoms with E-state index in [1.807, 2.05) is 6.92 Å². The molecule has 0 radical (unpaired) electrons. The third-order valence-corrected chi connectivity index (χ3v) is 3.54. The van der Waals surface area contributed by atoms with Crippen LogP contribution in [0.3, 0.4) is 0 Å². The Labute approximate surface area is 118 Å². The van der Waals surface area contributed by atoms with Crippen molar-refractivity contribution in [3.8, 4) is 0 Å². The van der Waals surface area contributed by atoms with Crippen molar-refractivity contribution in [2.75, 3.05) is 13.1 Å². The molecule has 110 valence electrons. The Morgan fingerprint density at radius 1 is 1.40 bits per heavy atom. The Kier molecular flexibility index (Phi) is 5.21. The van der Waals surface area contributed by atoms with E-state index in [0.717, 1.165) is 0 Å². The van der Waals surface area contributed by atoms with E-state index in [4.69, 9.17) is 0 Å². The van der Waals surface area contributed by atoms with Crippen molar-refractivity contribution in [3.63, 3.8) is 0 Å². The molecule has 0 atom stereocenters. The normalized spacial score (nSPS) is 11.6. The molecule has 20 heavy (non-hydrogen) atoms. The third kappa shape index (κ3) is 3.54. The summed E-state index contributed by atoms with van der Waals surface area (Å²) in [6.45, 7) is 6.18. The lowest BCUT2D eigenvalue weighted by molar-refractivity contribution is -0.385. The first kappa shape index (κ1) is 16.1. The van der Waals surface area contributed by atoms with Gasteiger partial charge in [-0.15, -0.1) is 0 Å². The van der Waals surface area contributed by atoms with Crippen molar-refractivity contribution in [1.29, 1.82) is 0 Å². The summed E-state index contributed by atoms with van der Waals surface area (Å²) in [7, 11) is 0. The Morgan fingerprint density at radius 3 is 2.50 bits per heavy atom. The number of carboxylic acid groups (broad SMARTS) is 1. The number of benzene rings is 1. The van der Waals surface area contributed by atoms with E-state index in [2.05, 4.69) is 0 Å². The summed E-state index contributed by atoms with van der Waals surface area (Å²) in [5.41, 5.74) is -0.285. The zero-order valence-electron chi connectivity index (χ0n) is 12.0. The van der Waals surface area contributed by atoms with Crippen LogP contribution in [0.5, 0.6) is 0 Å². The lowest BCUT2D eigenvalue weighted by Gasteiger charge is -2.34. The number of carbonyl (C=O) groups is 1. The fraction of sp³-hybridized carbons (Fsp3) is 0.500. The molecular formula is C14H20N2O4. The van der Waals surface area contributed by atoms with Gasteiger partial charge in [-0.3, -0.25) is 19.8 Å². The predicted molar refractivity (Wildman–Crippen MR) is 75.8 cm³/mol. The van der Waals surface area contributed by atoms with Crippen molar-refractivity contribution in [3.05, 3.63) is 39.9 Å². The van der Waals surface area contributed by atoms with E-state index in [1.165, 1.54) is 6.07 Å². The van der Waals surface area contributed by atoms with Crippen molar-refractivity contribution in [2.45, 2.75) is 32.7 Å². The van der Waals surface area contributed by atoms with E-state index in [1.54, 1.807) is 36.9 Å². The SMILES string of the molecule is CCN(CCc1ccccc1[N+](=O)[O-])C(C)(C)C(=O)O. The zero-order valence-corrected chi connectivity index (χ0v) is 12.0. The maximum atomic E-state index is 11.3. The largest absolute Gasteiger partial charge is 0.480 e. The van der Waals surface area contributed by atoms with Crippen LogP contribution in [0, 0.1) is 10.1 Å². The number of nitro groups is 1. The second kappa shape index (κ2) is 6.47. The number of aliphatic carboxylic acids is 1. The Hall–Kier alpha value is -1.95. The highest BCUT2D eigenvalue weighted by Crippen LogP contribution is 2.20. The van der Waals surface area contributed by atoms with Crippen molar-refractivity contribution in [1.82, 2.24) is 4.90 Å². The number of para-hydroxylation sites is 1. The summed E-state index contributed by atoms with van der Waals surface area (Å²) in [6.07, 6.45) is 0.446. The van der Waals surface area contributed by atoms with Crippen LogP contribution < -0.4 is 0 Å². The fourth-order valence-electron chi connectivity index (χ4n) is 2.12. The molecule has 0 saturated heterocycles. The molecule has 6 heteroatoms. The van der Waals surface area contributed by atoms with Crippen LogP contribution in [-0.4, -0.2) is 39.5 Å². The molecule has 0 amide bonds. The molecule has 0 aliphatic rings. The summed E-state index contributed by atoms with van der Waals surface area (Å²) in [4.78, 5) is 23.6. The topological polar surface area (TPSA) is 83.7 Å². The molecule has 0 bridgehead atoms. The summed E-state index contributed by atoms with van der Waals surface area (Å²) in [5.74, 6) is -0.901. The van der Waals surface area contributed by atoms with Crippen LogP contribution in [0.2, 0.25) is 0 Å². The van der Waals surface area contributed by atoms with Gasteiger partial charge in [0, 0.05) is 18.2 Å². The van der Waals surface area contributed by atoms with Crippen LogP contribution in [0.15, 0.2) is 24.3 Å². The molecule has 1 N–H and O–H groups in total. The van der Waals surface area contributed by atoms with Gasteiger partial charge in [-0.2, -0.15) is 0 Å². The lowest BCUT2D eigenvalue weighted by atomic mass is 10.0. The maximum Gasteiger partial charge on any atom is 0.323 e. The monoisotopic (exact) mass is 280 g/mol. The van der Waals surface area contributed by atoms with Gasteiger partial charge in [-0.25, -0.2) is 0 Å². The molecule has 0 fully saturated rings. The van der Waals surface area contributed by atoms with Gasteiger partial charge >= 0.3 is 5.97 Å². The Balaban J connectivity index is 2.85. The quantitative estimate of drug-likeness (QED) is 0.612. The highest BCUT2D eigenvalue weighted by atomic mass is 16.6. The smallest absolute Gasteiger partial charge is 0.323 e. The van der Waals surface area contributed by atoms with E-state index >= 15 is 0 Å². The minimum Gasteiger partial charge on any atom is -0.480 e. The molecule has 0 unspecified atom stereocenters. The third-order valence-electron chi connectivity index (χ3n) is 3.54. The second-order valence-corrected chi connectivity index (χ2v) is 5.08. The van der Waals surface area contributed by atoms with Crippen LogP contribution in [0.4, 0.5) is 5.69 Å². The Bertz CT molecular complexity index is 500. The molecule has 1 aromatic rings. The van der Waals surface area contributed by atoms with Crippen LogP contribution in [0.1, 0.15) is 26.3 Å². The minimum absolute atomic E-state index is 0.0803. The number of nitro benzene ring substituents is 1. The number of nitrogens with zero attached hydrogens (tertiary/aromatic N) is 2. The molecule has 6 nitrogen and oxygen atoms in total. The van der Waals surface area contributed by atoms with Crippen LogP contribution in [-0.2, 0) is 11.2 Å². The number of hydrogen-bond donors (Lipinski definition) is 1. The predicted octanol–water partition coefficient (Wildman–Crippen LogP) is 2.32. The minimum atomic E-state index is -0.988. The maximum absolute atomic E-state index is 11.3. The van der Waals surface area contributed by atoms with Crippen molar-refractivity contribution in [2.24, 2.45) is 0 Å². The first-order valence-corrected chi connectivity index (χ1v) is 6.51. The van der Waals surface area contributed by atoms with E-state index < -0.39 is 16.4 Å². The summed E-state index contributed by atoms with van der Waals surface area (Å²) in [5, 5.41) is 20.2. The van der Waals surface area contributed by atoms with E-state index in [9.17, 15) is 20.0 Å². The molecule has 0 aromatic heterocycles. The zero-order chi connectivity index (χ0) is 15.3. The fourth-order valence-corrected chi connectivity index (χ4v) is 2.12. The van der Waals surface area contributed by atoms with Gasteiger partial charge < -0.3 is 5.11 Å². The molecule has 0 heterocycles. The first-order valence-electron chi connectivity index (χ1n) is 6.51. The van der Waals surface area contributed by atoms with E-state index in [-0.39, 0.29) is 5.69 Å². The molecule has 1 aromatic carbocycles. The lowest BCUT2D eigenvalue weighted by Crippen LogP contribution is -2.50. The standard InChI is InChI=1S/C14H20N2O4/c1-4-15(14(2,3)13(17)18)10-9-11-7-5-6-8-12(11)16(19)20/h5-8H,4,9-10H2,1-3H3,(H,17,18). The number of likely N-dealkylation sites (N-methyl/N-ethyl adjacent to an activating group) is 1. The molecule has 0 aliphatic heterocycles. The summed E-state index contributed by atoms with van der Waals surface area (Å²) < 4.78 is 0. The van der Waals surface area contributed by atoms with E-state index in [0.29, 0.717) is 25.1 Å². The highest BCUT2D eigenvalue weighted by Gasteiger charge is 2.33. The first-order chi connectivity index (χ1) is 9.30. The summed E-state index contributed by atoms with van der Waals surface area (Å²) >= 11 is 0. The highest BCUT2D eigenvalue weighted by molar-refractivity contribution is 5.77. The Morgan fingerprint density at radius 2 is 2.00 bits per heavy atom. The van der Waals surface area contributed by atoms with Crippen molar-refractivity contribution >= 4 is 11.7 Å². The van der Waals surface area contributed by atoms with Gasteiger partial charge in [0.2, 0.25) is 0 Å². The average Bonchev–Trinajstić information content (AvgIpc) is 2.39. The molecule has 0 aliphatic carbocycles. The molecule has 1 rings (SSSR count). The molecular weight excluding hydrogens is 260 g/mol. The van der Waals surface area contributed by atoms with Crippen LogP contribution in [0.25, 0.3) is 0 Å². The number of rotatable bonds is 7. The van der Waals surface area contributed by atoms with Gasteiger partial charge in [-0.1, -0.05) is 25.1 Å². The summed E-state index contributed by atoms with van der Waals surface area (Å²) in [6, 6.07) is 6.55. The van der Waals surface area contributed by atoms with Gasteiger partial charge in [-0.05, 0) is 26.8 Å². The van der Waals surface area contributed by atoms with Gasteiger partial charge in [0.15, 0.2) is 0 Å². The van der Waals surface area contributed by atoms with Gasteiger partial charge in [0.25, 0.3) is 5.69 Å².